The van der Waals surface area contributed by atoms with Gasteiger partial charge >= 0.3 is 0 Å². The number of aromatic nitrogens is 2. The molecule has 1 aliphatic heterocycles. The number of hydrogen-bond donors (Lipinski definition) is 2. The van der Waals surface area contributed by atoms with Gasteiger partial charge in [0, 0.05) is 31.1 Å². The number of carbonyl (C=O) groups is 1. The molecule has 0 spiro atoms. The molecule has 34 heavy (non-hydrogen) atoms. The number of fused-ring (bicyclic) bond motifs is 1. The van der Waals surface area contributed by atoms with Crippen LogP contribution in [0.1, 0.15) is 63.1 Å². The van der Waals surface area contributed by atoms with Gasteiger partial charge in [0.15, 0.2) is 0 Å². The molecule has 2 fully saturated rings. The first-order valence-corrected chi connectivity index (χ1v) is 13.8. The van der Waals surface area contributed by atoms with Gasteiger partial charge in [-0.25, -0.2) is 13.4 Å². The van der Waals surface area contributed by atoms with E-state index in [0.717, 1.165) is 42.5 Å². The van der Waals surface area contributed by atoms with Gasteiger partial charge in [-0.15, -0.1) is 0 Å². The molecule has 1 amide bonds. The first-order valence-electron chi connectivity index (χ1n) is 12.3. The average Bonchev–Trinajstić information content (AvgIpc) is 3.29. The third-order valence-electron chi connectivity index (χ3n) is 7.22. The molecule has 0 atom stereocenters. The van der Waals surface area contributed by atoms with Gasteiger partial charge in [0.1, 0.15) is 5.82 Å². The Bertz CT molecular complexity index is 1210. The van der Waals surface area contributed by atoms with E-state index >= 15 is 0 Å². The molecule has 1 aliphatic carbocycles. The van der Waals surface area contributed by atoms with E-state index in [2.05, 4.69) is 10.3 Å². The van der Waals surface area contributed by atoms with Gasteiger partial charge in [0.05, 0.1) is 15.9 Å². The fourth-order valence-electron chi connectivity index (χ4n) is 5.26. The summed E-state index contributed by atoms with van der Waals surface area (Å²) in [6.07, 6.45) is 7.93. The maximum atomic E-state index is 13.2. The van der Waals surface area contributed by atoms with E-state index in [1.165, 1.54) is 19.3 Å². The predicted octanol–water partition coefficient (Wildman–Crippen LogP) is 5.04. The van der Waals surface area contributed by atoms with Crippen LogP contribution in [0.25, 0.3) is 11.0 Å². The van der Waals surface area contributed by atoms with Gasteiger partial charge in [-0.2, -0.15) is 4.31 Å². The number of piperidine rings is 1. The van der Waals surface area contributed by atoms with Gasteiger partial charge in [0.2, 0.25) is 15.9 Å². The quantitative estimate of drug-likeness (QED) is 0.517. The Hall–Kier alpha value is -2.71. The van der Waals surface area contributed by atoms with Crippen molar-refractivity contribution in [2.24, 2.45) is 5.92 Å². The van der Waals surface area contributed by atoms with Crippen LogP contribution in [0.15, 0.2) is 53.4 Å². The molecule has 1 saturated carbocycles. The predicted molar refractivity (Wildman–Crippen MR) is 133 cm³/mol. The number of para-hydroxylation sites is 2. The third-order valence-corrected chi connectivity index (χ3v) is 9.14. The second-order valence-electron chi connectivity index (χ2n) is 9.60. The first-order chi connectivity index (χ1) is 16.5. The van der Waals surface area contributed by atoms with Crippen molar-refractivity contribution in [3.8, 4) is 0 Å². The number of aromatic amines is 1. The molecule has 7 nitrogen and oxygen atoms in total. The fraction of sp³-hybridized carbons (Fsp3) is 0.462. The van der Waals surface area contributed by atoms with E-state index < -0.39 is 10.0 Å². The second kappa shape index (κ2) is 9.88. The lowest BCUT2D eigenvalue weighted by atomic mass is 9.87. The van der Waals surface area contributed by atoms with Gasteiger partial charge in [-0.05, 0) is 68.0 Å². The highest BCUT2D eigenvalue weighted by molar-refractivity contribution is 7.89. The summed E-state index contributed by atoms with van der Waals surface area (Å²) in [4.78, 5) is 20.7. The number of H-pyrrole nitrogens is 1. The van der Waals surface area contributed by atoms with Gasteiger partial charge in [-0.3, -0.25) is 4.79 Å². The number of imidazole rings is 1. The molecule has 2 aromatic carbocycles. The van der Waals surface area contributed by atoms with Crippen molar-refractivity contribution in [1.29, 1.82) is 0 Å². The van der Waals surface area contributed by atoms with Crippen LogP contribution in [0.4, 0.5) is 5.69 Å². The van der Waals surface area contributed by atoms with Crippen molar-refractivity contribution < 1.29 is 13.2 Å². The summed E-state index contributed by atoms with van der Waals surface area (Å²) >= 11 is 0. The zero-order chi connectivity index (χ0) is 23.5. The van der Waals surface area contributed by atoms with E-state index in [-0.39, 0.29) is 16.7 Å². The van der Waals surface area contributed by atoms with Crippen molar-refractivity contribution in [2.75, 3.05) is 18.4 Å². The number of benzene rings is 2. The minimum absolute atomic E-state index is 0.00941. The van der Waals surface area contributed by atoms with Gasteiger partial charge in [-0.1, -0.05) is 31.4 Å². The molecule has 3 aromatic rings. The van der Waals surface area contributed by atoms with E-state index in [1.807, 2.05) is 24.3 Å². The van der Waals surface area contributed by atoms with Crippen LogP contribution in [0.2, 0.25) is 0 Å². The lowest BCUT2D eigenvalue weighted by Crippen LogP contribution is -2.38. The number of rotatable bonds is 6. The summed E-state index contributed by atoms with van der Waals surface area (Å²) < 4.78 is 27.9. The summed E-state index contributed by atoms with van der Waals surface area (Å²) in [5.41, 5.74) is 2.60. The molecular weight excluding hydrogens is 448 g/mol. The molecule has 2 N–H and O–H groups in total. The molecule has 5 rings (SSSR count). The molecule has 0 unspecified atom stereocenters. The maximum Gasteiger partial charge on any atom is 0.243 e. The van der Waals surface area contributed by atoms with Crippen LogP contribution in [0.5, 0.6) is 0 Å². The highest BCUT2D eigenvalue weighted by Crippen LogP contribution is 2.31. The zero-order valence-corrected chi connectivity index (χ0v) is 20.2. The number of sulfonamides is 1. The van der Waals surface area contributed by atoms with Gasteiger partial charge in [0.25, 0.3) is 0 Å². The van der Waals surface area contributed by atoms with Crippen molar-refractivity contribution in [2.45, 2.75) is 62.2 Å². The minimum Gasteiger partial charge on any atom is -0.342 e. The normalized spacial score (nSPS) is 18.8. The molecule has 180 valence electrons. The van der Waals surface area contributed by atoms with Crippen LogP contribution in [-0.4, -0.2) is 41.7 Å². The first kappa shape index (κ1) is 23.1. The number of amides is 1. The van der Waals surface area contributed by atoms with Crippen molar-refractivity contribution in [1.82, 2.24) is 14.3 Å². The topological polar surface area (TPSA) is 95.2 Å². The van der Waals surface area contributed by atoms with Crippen molar-refractivity contribution >= 4 is 32.7 Å². The van der Waals surface area contributed by atoms with Crippen LogP contribution in [0, 0.1) is 5.92 Å². The van der Waals surface area contributed by atoms with Crippen LogP contribution in [-0.2, 0) is 14.8 Å². The summed E-state index contributed by atoms with van der Waals surface area (Å²) in [7, 11) is -3.57. The van der Waals surface area contributed by atoms with E-state index in [0.29, 0.717) is 31.1 Å². The molecule has 0 radical (unpaired) electrons. The van der Waals surface area contributed by atoms with Crippen molar-refractivity contribution in [3.05, 3.63) is 54.4 Å². The molecule has 8 heteroatoms. The van der Waals surface area contributed by atoms with Crippen LogP contribution in [0.3, 0.4) is 0 Å². The molecule has 2 heterocycles. The number of carbonyl (C=O) groups excluding carboxylic acids is 1. The van der Waals surface area contributed by atoms with Gasteiger partial charge < -0.3 is 10.3 Å². The number of anilines is 1. The number of nitrogens with one attached hydrogen (secondary N) is 2. The summed E-state index contributed by atoms with van der Waals surface area (Å²) in [5.74, 6) is 1.64. The lowest BCUT2D eigenvalue weighted by Gasteiger charge is -2.30. The average molecular weight is 481 g/mol. The molecule has 0 bridgehead atoms. The Kier molecular flexibility index (Phi) is 6.70. The smallest absolute Gasteiger partial charge is 0.243 e. The SMILES string of the molecule is O=C(CC1CCCCC1)Nc1ccc(S(=O)(=O)N2CCC(c3nc4ccccc4[nH]3)CC2)cc1. The highest BCUT2D eigenvalue weighted by atomic mass is 32.2. The number of hydrogen-bond acceptors (Lipinski definition) is 4. The summed E-state index contributed by atoms with van der Waals surface area (Å²) in [6, 6.07) is 14.5. The summed E-state index contributed by atoms with van der Waals surface area (Å²) in [5, 5.41) is 2.92. The Balaban J connectivity index is 1.18. The molecule has 1 aromatic heterocycles. The van der Waals surface area contributed by atoms with Crippen molar-refractivity contribution in [3.63, 3.8) is 0 Å². The minimum atomic E-state index is -3.57. The number of nitrogens with zero attached hydrogens (tertiary/aromatic N) is 2. The standard InChI is InChI=1S/C26H32N4O3S/c31-25(18-19-6-2-1-3-7-19)27-21-10-12-22(13-11-21)34(32,33)30-16-14-20(15-17-30)26-28-23-8-4-5-9-24(23)29-26/h4-5,8-13,19-20H,1-3,6-7,14-18H2,(H,27,31)(H,28,29). The Morgan fingerprint density at radius 2 is 1.68 bits per heavy atom. The van der Waals surface area contributed by atoms with E-state index in [4.69, 9.17) is 4.98 Å². The Morgan fingerprint density at radius 1 is 0.971 bits per heavy atom. The molecular formula is C26H32N4O3S. The summed E-state index contributed by atoms with van der Waals surface area (Å²) in [6.45, 7) is 0.924. The third kappa shape index (κ3) is 5.03. The Morgan fingerprint density at radius 3 is 2.38 bits per heavy atom. The molecule has 1 saturated heterocycles. The lowest BCUT2D eigenvalue weighted by molar-refractivity contribution is -0.117. The van der Waals surface area contributed by atoms with E-state index in [9.17, 15) is 13.2 Å². The zero-order valence-electron chi connectivity index (χ0n) is 19.4. The monoisotopic (exact) mass is 480 g/mol. The molecule has 2 aliphatic rings. The van der Waals surface area contributed by atoms with Crippen LogP contribution >= 0.6 is 0 Å². The fourth-order valence-corrected chi connectivity index (χ4v) is 6.73. The van der Waals surface area contributed by atoms with E-state index in [1.54, 1.807) is 28.6 Å². The second-order valence-corrected chi connectivity index (χ2v) is 11.5. The highest BCUT2D eigenvalue weighted by Gasteiger charge is 2.31. The largest absolute Gasteiger partial charge is 0.342 e. The maximum absolute atomic E-state index is 13.2. The van der Waals surface area contributed by atoms with Crippen LogP contribution < -0.4 is 5.32 Å². The Labute approximate surface area is 201 Å².